The van der Waals surface area contributed by atoms with E-state index in [0.29, 0.717) is 6.07 Å². The van der Waals surface area contributed by atoms with Crippen LogP contribution in [0.2, 0.25) is 0 Å². The van der Waals surface area contributed by atoms with Gasteiger partial charge in [0.05, 0.1) is 0 Å². The molecule has 0 saturated heterocycles. The number of halogens is 9. The van der Waals surface area contributed by atoms with Gasteiger partial charge in [0.1, 0.15) is 0 Å². The minimum atomic E-state index is -7.10. The molecular formula is C15H13F9O. The second-order valence-corrected chi connectivity index (χ2v) is 6.38. The van der Waals surface area contributed by atoms with Gasteiger partial charge in [-0.05, 0) is 17.0 Å². The Kier molecular flexibility index (Phi) is 5.04. The Morgan fingerprint density at radius 2 is 1.28 bits per heavy atom. The standard InChI is InChI=1S/C15H13F9O/c1-11(2,3)9-6-4-5-8(7-9)10(25)12(16,17)13(18,19)14(20,21)15(22,23)24/h4-7H,1-3H3. The van der Waals surface area contributed by atoms with Gasteiger partial charge < -0.3 is 0 Å². The van der Waals surface area contributed by atoms with Gasteiger partial charge in [0.2, 0.25) is 5.78 Å². The average Bonchev–Trinajstić information content (AvgIpc) is 2.44. The fourth-order valence-corrected chi connectivity index (χ4v) is 1.83. The van der Waals surface area contributed by atoms with Crippen molar-refractivity contribution >= 4 is 5.78 Å². The van der Waals surface area contributed by atoms with Gasteiger partial charge in [-0.25, -0.2) is 0 Å². The zero-order chi connectivity index (χ0) is 20.1. The molecule has 0 aromatic heterocycles. The predicted octanol–water partition coefficient (Wildman–Crippen LogP) is 5.64. The van der Waals surface area contributed by atoms with Crippen molar-refractivity contribution in [1.82, 2.24) is 0 Å². The second kappa shape index (κ2) is 5.91. The highest BCUT2D eigenvalue weighted by atomic mass is 19.4. The minimum Gasteiger partial charge on any atom is -0.287 e. The summed E-state index contributed by atoms with van der Waals surface area (Å²) in [6.07, 6.45) is -6.96. The number of ketones is 1. The predicted molar refractivity (Wildman–Crippen MR) is 70.4 cm³/mol. The molecule has 10 heteroatoms. The SMILES string of the molecule is CC(C)(C)c1cccc(C(=O)C(F)(F)C(F)(F)C(F)(F)C(F)(F)F)c1. The van der Waals surface area contributed by atoms with Gasteiger partial charge in [-0.2, -0.15) is 39.5 Å². The first-order valence-electron chi connectivity index (χ1n) is 6.73. The van der Waals surface area contributed by atoms with Crippen LogP contribution in [0.3, 0.4) is 0 Å². The molecule has 0 spiro atoms. The molecule has 0 aliphatic rings. The minimum absolute atomic E-state index is 0.222. The van der Waals surface area contributed by atoms with E-state index >= 15 is 0 Å². The van der Waals surface area contributed by atoms with Crippen LogP contribution in [0.5, 0.6) is 0 Å². The third-order valence-electron chi connectivity index (χ3n) is 3.42. The molecule has 0 saturated carbocycles. The molecule has 0 heterocycles. The van der Waals surface area contributed by atoms with Crippen molar-refractivity contribution in [2.45, 2.75) is 50.1 Å². The van der Waals surface area contributed by atoms with Crippen LogP contribution < -0.4 is 0 Å². The van der Waals surface area contributed by atoms with Crippen LogP contribution in [0, 0.1) is 0 Å². The Morgan fingerprint density at radius 1 is 0.800 bits per heavy atom. The van der Waals surface area contributed by atoms with Gasteiger partial charge >= 0.3 is 23.9 Å². The highest BCUT2D eigenvalue weighted by Gasteiger charge is 2.83. The van der Waals surface area contributed by atoms with Crippen LogP contribution in [0.25, 0.3) is 0 Å². The normalized spacial score (nSPS) is 14.6. The van der Waals surface area contributed by atoms with E-state index < -0.39 is 40.7 Å². The first kappa shape index (κ1) is 21.3. The van der Waals surface area contributed by atoms with Crippen molar-refractivity contribution in [2.75, 3.05) is 0 Å². The van der Waals surface area contributed by atoms with Gasteiger partial charge in [0, 0.05) is 5.56 Å². The molecule has 0 amide bonds. The lowest BCUT2D eigenvalue weighted by molar-refractivity contribution is -0.386. The molecule has 1 rings (SSSR count). The van der Waals surface area contributed by atoms with Crippen LogP contribution in [0.15, 0.2) is 24.3 Å². The molecule has 142 valence electrons. The highest BCUT2D eigenvalue weighted by molar-refractivity contribution is 6.02. The zero-order valence-electron chi connectivity index (χ0n) is 13.1. The van der Waals surface area contributed by atoms with E-state index in [9.17, 15) is 44.3 Å². The third-order valence-corrected chi connectivity index (χ3v) is 3.42. The van der Waals surface area contributed by atoms with E-state index in [2.05, 4.69) is 0 Å². The molecule has 0 fully saturated rings. The largest absolute Gasteiger partial charge is 0.460 e. The summed E-state index contributed by atoms with van der Waals surface area (Å²) in [7, 11) is 0. The van der Waals surface area contributed by atoms with Crippen LogP contribution >= 0.6 is 0 Å². The summed E-state index contributed by atoms with van der Waals surface area (Å²) in [5.74, 6) is -23.2. The van der Waals surface area contributed by atoms with Crippen LogP contribution in [0.1, 0.15) is 36.7 Å². The zero-order valence-corrected chi connectivity index (χ0v) is 13.1. The third kappa shape index (κ3) is 3.48. The Morgan fingerprint density at radius 3 is 1.68 bits per heavy atom. The lowest BCUT2D eigenvalue weighted by Gasteiger charge is -2.32. The van der Waals surface area contributed by atoms with E-state index in [1.54, 1.807) is 20.8 Å². The Bertz CT molecular complexity index is 654. The smallest absolute Gasteiger partial charge is 0.287 e. The molecule has 25 heavy (non-hydrogen) atoms. The van der Waals surface area contributed by atoms with Gasteiger partial charge in [-0.3, -0.25) is 4.79 Å². The summed E-state index contributed by atoms with van der Waals surface area (Å²) in [5, 5.41) is 0. The monoisotopic (exact) mass is 380 g/mol. The number of carbonyl (C=O) groups is 1. The maximum Gasteiger partial charge on any atom is 0.460 e. The van der Waals surface area contributed by atoms with Crippen molar-refractivity contribution < 1.29 is 44.3 Å². The summed E-state index contributed by atoms with van der Waals surface area (Å²) < 4.78 is 116. The van der Waals surface area contributed by atoms with Gasteiger partial charge in [0.25, 0.3) is 0 Å². The van der Waals surface area contributed by atoms with Crippen molar-refractivity contribution in [3.8, 4) is 0 Å². The van der Waals surface area contributed by atoms with Gasteiger partial charge in [-0.1, -0.05) is 39.0 Å². The molecule has 0 bridgehead atoms. The Balaban J connectivity index is 3.41. The molecule has 0 atom stereocenters. The molecule has 1 nitrogen and oxygen atoms in total. The summed E-state index contributed by atoms with van der Waals surface area (Å²) in [6, 6.07) is 3.77. The Hall–Kier alpha value is -1.74. The fraction of sp³-hybridized carbons (Fsp3) is 0.533. The lowest BCUT2D eigenvalue weighted by atomic mass is 9.85. The van der Waals surface area contributed by atoms with Crippen molar-refractivity contribution in [2.24, 2.45) is 0 Å². The topological polar surface area (TPSA) is 17.1 Å². The van der Waals surface area contributed by atoms with Crippen molar-refractivity contribution in [1.29, 1.82) is 0 Å². The number of hydrogen-bond donors (Lipinski definition) is 0. The van der Waals surface area contributed by atoms with Gasteiger partial charge in [-0.15, -0.1) is 0 Å². The van der Waals surface area contributed by atoms with E-state index in [0.717, 1.165) is 12.1 Å². The average molecular weight is 380 g/mol. The molecule has 0 aliphatic carbocycles. The lowest BCUT2D eigenvalue weighted by Crippen LogP contribution is -2.63. The number of rotatable bonds is 4. The molecule has 0 N–H and O–H groups in total. The molecule has 0 aliphatic heterocycles. The fourth-order valence-electron chi connectivity index (χ4n) is 1.83. The van der Waals surface area contributed by atoms with Crippen LogP contribution in [-0.2, 0) is 5.41 Å². The molecule has 1 aromatic carbocycles. The first-order chi connectivity index (χ1) is 10.9. The maximum atomic E-state index is 13.7. The molecular weight excluding hydrogens is 367 g/mol. The van der Waals surface area contributed by atoms with Crippen molar-refractivity contribution in [3.63, 3.8) is 0 Å². The van der Waals surface area contributed by atoms with Gasteiger partial charge in [0.15, 0.2) is 0 Å². The molecule has 0 radical (unpaired) electrons. The van der Waals surface area contributed by atoms with Crippen molar-refractivity contribution in [3.05, 3.63) is 35.4 Å². The first-order valence-corrected chi connectivity index (χ1v) is 6.73. The second-order valence-electron chi connectivity index (χ2n) is 6.38. The van der Waals surface area contributed by atoms with E-state index in [1.807, 2.05) is 0 Å². The van der Waals surface area contributed by atoms with E-state index in [1.165, 1.54) is 6.07 Å². The molecule has 1 aromatic rings. The summed E-state index contributed by atoms with van der Waals surface area (Å²) in [6.45, 7) is 4.75. The van der Waals surface area contributed by atoms with E-state index in [4.69, 9.17) is 0 Å². The summed E-state index contributed by atoms with van der Waals surface area (Å²) in [4.78, 5) is 11.6. The summed E-state index contributed by atoms with van der Waals surface area (Å²) in [5.41, 5.74) is -1.60. The Labute approximate surface area is 136 Å². The van der Waals surface area contributed by atoms with E-state index in [-0.39, 0.29) is 5.56 Å². The number of alkyl halides is 9. The molecule has 0 unspecified atom stereocenters. The number of carbonyl (C=O) groups excluding carboxylic acids is 1. The quantitative estimate of drug-likeness (QED) is 0.488. The number of Topliss-reactive ketones (excluding diaryl/α,β-unsaturated/α-hetero) is 1. The van der Waals surface area contributed by atoms with Crippen LogP contribution in [0.4, 0.5) is 39.5 Å². The number of benzene rings is 1. The van der Waals surface area contributed by atoms with Crippen LogP contribution in [-0.4, -0.2) is 29.7 Å². The summed E-state index contributed by atoms with van der Waals surface area (Å²) >= 11 is 0. The maximum absolute atomic E-state index is 13.7. The number of hydrogen-bond acceptors (Lipinski definition) is 1. The highest BCUT2D eigenvalue weighted by Crippen LogP contribution is 2.53.